The van der Waals surface area contributed by atoms with E-state index in [1.165, 1.54) is 12.4 Å². The first-order chi connectivity index (χ1) is 12.9. The summed E-state index contributed by atoms with van der Waals surface area (Å²) in [7, 11) is -3.00. The van der Waals surface area contributed by atoms with Gasteiger partial charge >= 0.3 is 0 Å². The maximum absolute atomic E-state index is 12.3. The van der Waals surface area contributed by atoms with Crippen LogP contribution in [-0.4, -0.2) is 48.4 Å². The van der Waals surface area contributed by atoms with Gasteiger partial charge in [-0.3, -0.25) is 4.79 Å². The lowest BCUT2D eigenvalue weighted by molar-refractivity contribution is 0.102. The molecule has 1 aromatic heterocycles. The fourth-order valence-corrected chi connectivity index (χ4v) is 4.73. The van der Waals surface area contributed by atoms with Gasteiger partial charge in [-0.05, 0) is 37.6 Å². The molecular formula is C18H19N5O3S. The number of hydrogen-bond acceptors (Lipinski definition) is 7. The molecule has 0 radical (unpaired) electrons. The molecule has 0 saturated carbocycles. The monoisotopic (exact) mass is 385 g/mol. The van der Waals surface area contributed by atoms with Crippen molar-refractivity contribution in [3.63, 3.8) is 0 Å². The maximum Gasteiger partial charge on any atom is 0.258 e. The molecule has 1 aromatic carbocycles. The van der Waals surface area contributed by atoms with E-state index in [9.17, 15) is 13.2 Å². The molecule has 1 saturated heterocycles. The van der Waals surface area contributed by atoms with Gasteiger partial charge in [-0.1, -0.05) is 0 Å². The smallest absolute Gasteiger partial charge is 0.258 e. The fraction of sp³-hybridized carbons (Fsp3) is 0.333. The lowest BCUT2D eigenvalue weighted by atomic mass is 10.2. The third kappa shape index (κ3) is 4.41. The van der Waals surface area contributed by atoms with Crippen LogP contribution in [0, 0.1) is 11.3 Å². The largest absolute Gasteiger partial charge is 0.337 e. The minimum Gasteiger partial charge on any atom is -0.337 e. The summed E-state index contributed by atoms with van der Waals surface area (Å²) in [6.07, 6.45) is 3.40. The normalized spacial score (nSPS) is 17.9. The Bertz CT molecular complexity index is 966. The molecule has 3 rings (SSSR count). The summed E-state index contributed by atoms with van der Waals surface area (Å²) in [4.78, 5) is 22.7. The summed E-state index contributed by atoms with van der Waals surface area (Å²) < 4.78 is 23.4. The van der Waals surface area contributed by atoms with Gasteiger partial charge in [0.1, 0.15) is 0 Å². The first-order valence-corrected chi connectivity index (χ1v) is 10.3. The number of nitrogens with one attached hydrogen (secondary N) is 1. The van der Waals surface area contributed by atoms with Gasteiger partial charge in [-0.15, -0.1) is 0 Å². The van der Waals surface area contributed by atoms with Crippen LogP contribution in [0.1, 0.15) is 29.3 Å². The van der Waals surface area contributed by atoms with Crippen molar-refractivity contribution in [2.75, 3.05) is 28.3 Å². The Morgan fingerprint density at radius 2 is 1.96 bits per heavy atom. The Morgan fingerprint density at radius 3 is 2.48 bits per heavy atom. The van der Waals surface area contributed by atoms with Crippen LogP contribution in [0.2, 0.25) is 0 Å². The van der Waals surface area contributed by atoms with Gasteiger partial charge in [0.25, 0.3) is 5.91 Å². The summed E-state index contributed by atoms with van der Waals surface area (Å²) in [5.41, 5.74) is 1.36. The molecule has 0 aliphatic carbocycles. The number of anilines is 2. The maximum atomic E-state index is 12.3. The molecule has 1 atom stereocenters. The Kier molecular flexibility index (Phi) is 5.37. The van der Waals surface area contributed by atoms with Gasteiger partial charge in [-0.2, -0.15) is 5.26 Å². The number of carbonyl (C=O) groups is 1. The van der Waals surface area contributed by atoms with Gasteiger partial charge in [0.05, 0.1) is 28.7 Å². The lowest BCUT2D eigenvalue weighted by Gasteiger charge is -2.26. The highest BCUT2D eigenvalue weighted by Gasteiger charge is 2.32. The van der Waals surface area contributed by atoms with Gasteiger partial charge in [0.2, 0.25) is 5.95 Å². The van der Waals surface area contributed by atoms with Crippen LogP contribution < -0.4 is 10.2 Å². The van der Waals surface area contributed by atoms with E-state index in [0.717, 1.165) is 0 Å². The molecular weight excluding hydrogens is 366 g/mol. The van der Waals surface area contributed by atoms with Crippen molar-refractivity contribution < 1.29 is 13.2 Å². The molecule has 1 N–H and O–H groups in total. The second kappa shape index (κ2) is 7.72. The number of aromatic nitrogens is 2. The number of benzene rings is 1. The van der Waals surface area contributed by atoms with E-state index in [1.54, 1.807) is 24.3 Å². The van der Waals surface area contributed by atoms with Crippen molar-refractivity contribution in [1.29, 1.82) is 5.26 Å². The van der Waals surface area contributed by atoms with E-state index in [4.69, 9.17) is 5.26 Å². The van der Waals surface area contributed by atoms with E-state index in [1.807, 2.05) is 17.9 Å². The van der Waals surface area contributed by atoms with Crippen LogP contribution in [0.5, 0.6) is 0 Å². The second-order valence-corrected chi connectivity index (χ2v) is 8.49. The van der Waals surface area contributed by atoms with E-state index >= 15 is 0 Å². The Morgan fingerprint density at radius 1 is 1.30 bits per heavy atom. The highest BCUT2D eigenvalue weighted by Crippen LogP contribution is 2.21. The average molecular weight is 385 g/mol. The zero-order valence-corrected chi connectivity index (χ0v) is 15.6. The molecule has 1 aliphatic rings. The summed E-state index contributed by atoms with van der Waals surface area (Å²) in [6.45, 7) is 2.50. The summed E-state index contributed by atoms with van der Waals surface area (Å²) >= 11 is 0. The van der Waals surface area contributed by atoms with Crippen molar-refractivity contribution >= 4 is 27.4 Å². The minimum absolute atomic E-state index is 0.102. The molecule has 2 aromatic rings. The molecule has 1 amide bonds. The van der Waals surface area contributed by atoms with Crippen LogP contribution in [-0.2, 0) is 9.84 Å². The molecule has 0 spiro atoms. The highest BCUT2D eigenvalue weighted by atomic mass is 32.2. The number of rotatable bonds is 5. The molecule has 27 heavy (non-hydrogen) atoms. The minimum atomic E-state index is -3.00. The quantitative estimate of drug-likeness (QED) is 0.831. The molecule has 8 nitrogen and oxygen atoms in total. The Balaban J connectivity index is 1.70. The molecule has 1 aliphatic heterocycles. The standard InChI is InChI=1S/C18H19N5O3S/c1-2-23(16-7-8-27(25,26)12-16)18-20-10-14(11-21-18)17(24)22-15-5-3-13(9-19)4-6-15/h3-6,10-11,16H,2,7-8,12H2,1H3,(H,22,24). The van der Waals surface area contributed by atoms with Crippen molar-refractivity contribution in [2.24, 2.45) is 0 Å². The van der Waals surface area contributed by atoms with Gasteiger partial charge in [0.15, 0.2) is 9.84 Å². The van der Waals surface area contributed by atoms with E-state index in [0.29, 0.717) is 35.7 Å². The number of sulfone groups is 1. The van der Waals surface area contributed by atoms with Crippen molar-refractivity contribution in [3.05, 3.63) is 47.8 Å². The number of nitrogens with zero attached hydrogens (tertiary/aromatic N) is 4. The molecule has 0 bridgehead atoms. The SMILES string of the molecule is CCN(c1ncc(C(=O)Nc2ccc(C#N)cc2)cn1)C1CCS(=O)(=O)C1. The van der Waals surface area contributed by atoms with Gasteiger partial charge in [0, 0.05) is 30.7 Å². The summed E-state index contributed by atoms with van der Waals surface area (Å²) in [6, 6.07) is 8.39. The lowest BCUT2D eigenvalue weighted by Crippen LogP contribution is -2.37. The first-order valence-electron chi connectivity index (χ1n) is 8.52. The number of carbonyl (C=O) groups excluding carboxylic acids is 1. The second-order valence-electron chi connectivity index (χ2n) is 6.26. The molecule has 1 unspecified atom stereocenters. The zero-order chi connectivity index (χ0) is 19.4. The Hall–Kier alpha value is -2.99. The van der Waals surface area contributed by atoms with Crippen molar-refractivity contribution in [3.8, 4) is 6.07 Å². The molecule has 1 fully saturated rings. The molecule has 9 heteroatoms. The van der Waals surface area contributed by atoms with Gasteiger partial charge < -0.3 is 10.2 Å². The number of amides is 1. The summed E-state index contributed by atoms with van der Waals surface area (Å²) in [5.74, 6) is 0.331. The van der Waals surface area contributed by atoms with E-state index < -0.39 is 9.84 Å². The summed E-state index contributed by atoms with van der Waals surface area (Å²) in [5, 5.41) is 11.5. The van der Waals surface area contributed by atoms with Crippen LogP contribution in [0.15, 0.2) is 36.7 Å². The van der Waals surface area contributed by atoms with Crippen molar-refractivity contribution in [1.82, 2.24) is 9.97 Å². The predicted molar refractivity (Wildman–Crippen MR) is 101 cm³/mol. The number of nitriles is 1. The fourth-order valence-electron chi connectivity index (χ4n) is 3.00. The zero-order valence-electron chi connectivity index (χ0n) is 14.8. The van der Waals surface area contributed by atoms with E-state index in [2.05, 4.69) is 15.3 Å². The van der Waals surface area contributed by atoms with Crippen LogP contribution in [0.3, 0.4) is 0 Å². The van der Waals surface area contributed by atoms with Gasteiger partial charge in [-0.25, -0.2) is 18.4 Å². The highest BCUT2D eigenvalue weighted by molar-refractivity contribution is 7.91. The van der Waals surface area contributed by atoms with Crippen LogP contribution >= 0.6 is 0 Å². The van der Waals surface area contributed by atoms with Crippen LogP contribution in [0.4, 0.5) is 11.6 Å². The molecule has 140 valence electrons. The number of hydrogen-bond donors (Lipinski definition) is 1. The third-order valence-electron chi connectivity index (χ3n) is 4.42. The Labute approximate surface area is 157 Å². The van der Waals surface area contributed by atoms with Crippen LogP contribution in [0.25, 0.3) is 0 Å². The predicted octanol–water partition coefficient (Wildman–Crippen LogP) is 1.61. The average Bonchev–Trinajstić information content (AvgIpc) is 3.03. The van der Waals surface area contributed by atoms with E-state index in [-0.39, 0.29) is 23.5 Å². The topological polar surface area (TPSA) is 116 Å². The first kappa shape index (κ1) is 18.8. The third-order valence-corrected chi connectivity index (χ3v) is 6.17. The molecule has 2 heterocycles. The van der Waals surface area contributed by atoms with Crippen molar-refractivity contribution in [2.45, 2.75) is 19.4 Å².